The Hall–Kier alpha value is -2.01. The number of aromatic nitrogens is 3. The predicted octanol–water partition coefficient (Wildman–Crippen LogP) is 1.06. The average Bonchev–Trinajstić information content (AvgIpc) is 2.84. The fourth-order valence-corrected chi connectivity index (χ4v) is 2.04. The number of hydrogen-bond acceptors (Lipinski definition) is 4. The van der Waals surface area contributed by atoms with Crippen LogP contribution < -0.4 is 5.32 Å². The fourth-order valence-electron chi connectivity index (χ4n) is 2.04. The highest BCUT2D eigenvalue weighted by molar-refractivity contribution is 5.94. The zero-order valence-corrected chi connectivity index (χ0v) is 9.91. The molecule has 0 spiro atoms. The lowest BCUT2D eigenvalue weighted by molar-refractivity contribution is 0.0938. The van der Waals surface area contributed by atoms with Crippen LogP contribution in [0.4, 0.5) is 0 Å². The van der Waals surface area contributed by atoms with Crippen LogP contribution in [-0.2, 0) is 0 Å². The second-order valence-corrected chi connectivity index (χ2v) is 4.52. The van der Waals surface area contributed by atoms with E-state index >= 15 is 0 Å². The van der Waals surface area contributed by atoms with Gasteiger partial charge in [0.15, 0.2) is 5.78 Å². The number of ketones is 1. The lowest BCUT2D eigenvalue weighted by atomic mass is 9.96. The Morgan fingerprint density at radius 2 is 2.11 bits per heavy atom. The maximum Gasteiger partial charge on any atom is 0.183 e. The molecule has 5 heteroatoms. The molecule has 0 saturated carbocycles. The summed E-state index contributed by atoms with van der Waals surface area (Å²) in [5, 5.41) is 11.0. The number of carbonyl (C=O) groups excluding carboxylic acids is 1. The van der Waals surface area contributed by atoms with Crippen molar-refractivity contribution < 1.29 is 4.79 Å². The summed E-state index contributed by atoms with van der Waals surface area (Å²) < 4.78 is 1.61. The van der Waals surface area contributed by atoms with Gasteiger partial charge >= 0.3 is 0 Å². The molecular weight excluding hydrogens is 228 g/mol. The second kappa shape index (κ2) is 4.70. The number of carbonyl (C=O) groups is 1. The molecule has 1 fully saturated rings. The monoisotopic (exact) mass is 242 g/mol. The lowest BCUT2D eigenvalue weighted by Crippen LogP contribution is -2.43. The molecule has 0 atom stereocenters. The van der Waals surface area contributed by atoms with E-state index in [2.05, 4.69) is 15.6 Å². The predicted molar refractivity (Wildman–Crippen MR) is 66.7 cm³/mol. The van der Waals surface area contributed by atoms with E-state index in [0.717, 1.165) is 18.8 Å². The fraction of sp³-hybridized carbons (Fsp3) is 0.308. The minimum atomic E-state index is 0.107. The molecule has 1 aromatic carbocycles. The van der Waals surface area contributed by atoms with Gasteiger partial charge in [-0.05, 0) is 31.1 Å². The first-order chi connectivity index (χ1) is 8.84. The van der Waals surface area contributed by atoms with Crippen molar-refractivity contribution in [2.45, 2.75) is 6.42 Å². The smallest absolute Gasteiger partial charge is 0.183 e. The summed E-state index contributed by atoms with van der Waals surface area (Å²) in [4.78, 5) is 12.2. The van der Waals surface area contributed by atoms with Gasteiger partial charge in [0, 0.05) is 6.42 Å². The van der Waals surface area contributed by atoms with Crippen LogP contribution in [0.5, 0.6) is 0 Å². The topological polar surface area (TPSA) is 59.8 Å². The molecular formula is C13H14N4O. The van der Waals surface area contributed by atoms with Gasteiger partial charge < -0.3 is 5.32 Å². The molecule has 0 unspecified atom stereocenters. The van der Waals surface area contributed by atoms with Gasteiger partial charge in [-0.3, -0.25) is 4.79 Å². The molecule has 0 aliphatic carbocycles. The van der Waals surface area contributed by atoms with Crippen molar-refractivity contribution in [2.24, 2.45) is 5.92 Å². The van der Waals surface area contributed by atoms with E-state index in [-0.39, 0.29) is 5.78 Å². The zero-order chi connectivity index (χ0) is 12.4. The van der Waals surface area contributed by atoms with Crippen molar-refractivity contribution >= 4 is 5.78 Å². The minimum Gasteiger partial charge on any atom is -0.316 e. The standard InChI is InChI=1S/C13H14N4O/c18-13(6-10-7-14-8-10)12-9-15-16-17(12)11-4-2-1-3-5-11/h1-5,9-10,14H,6-8H2. The number of nitrogens with one attached hydrogen (secondary N) is 1. The summed E-state index contributed by atoms with van der Waals surface area (Å²) in [6, 6.07) is 9.59. The van der Waals surface area contributed by atoms with Gasteiger partial charge in [-0.2, -0.15) is 0 Å². The van der Waals surface area contributed by atoms with Crippen LogP contribution in [0.3, 0.4) is 0 Å². The maximum absolute atomic E-state index is 12.2. The van der Waals surface area contributed by atoms with Crippen LogP contribution in [0.1, 0.15) is 16.9 Å². The normalized spacial score (nSPS) is 15.3. The third kappa shape index (κ3) is 2.04. The molecule has 5 nitrogen and oxygen atoms in total. The Bertz CT molecular complexity index is 545. The quantitative estimate of drug-likeness (QED) is 0.814. The lowest BCUT2D eigenvalue weighted by Gasteiger charge is -2.26. The average molecular weight is 242 g/mol. The second-order valence-electron chi connectivity index (χ2n) is 4.52. The van der Waals surface area contributed by atoms with Crippen molar-refractivity contribution in [1.29, 1.82) is 0 Å². The zero-order valence-electron chi connectivity index (χ0n) is 9.91. The molecule has 1 aromatic heterocycles. The molecule has 0 bridgehead atoms. The summed E-state index contributed by atoms with van der Waals surface area (Å²) >= 11 is 0. The van der Waals surface area contributed by atoms with Gasteiger partial charge in [0.25, 0.3) is 0 Å². The third-order valence-corrected chi connectivity index (χ3v) is 3.18. The Labute approximate surface area is 105 Å². The molecule has 18 heavy (non-hydrogen) atoms. The summed E-state index contributed by atoms with van der Waals surface area (Å²) in [7, 11) is 0. The molecule has 2 heterocycles. The molecule has 1 aliphatic heterocycles. The minimum absolute atomic E-state index is 0.107. The molecule has 2 aromatic rings. The highest BCUT2D eigenvalue weighted by Gasteiger charge is 2.23. The molecule has 1 aliphatic rings. The Kier molecular flexibility index (Phi) is 2.90. The van der Waals surface area contributed by atoms with Gasteiger partial charge in [-0.1, -0.05) is 23.4 Å². The van der Waals surface area contributed by atoms with E-state index in [1.807, 2.05) is 30.3 Å². The van der Waals surface area contributed by atoms with Gasteiger partial charge in [0.1, 0.15) is 5.69 Å². The first-order valence-corrected chi connectivity index (χ1v) is 6.04. The van der Waals surface area contributed by atoms with Crippen LogP contribution in [0, 0.1) is 5.92 Å². The highest BCUT2D eigenvalue weighted by atomic mass is 16.1. The number of Topliss-reactive ketones (excluding diaryl/α,β-unsaturated/α-hetero) is 1. The molecule has 0 radical (unpaired) electrons. The van der Waals surface area contributed by atoms with E-state index in [1.165, 1.54) is 0 Å². The summed E-state index contributed by atoms with van der Waals surface area (Å²) in [5.41, 5.74) is 1.43. The third-order valence-electron chi connectivity index (χ3n) is 3.18. The number of rotatable bonds is 4. The first-order valence-electron chi connectivity index (χ1n) is 6.04. The molecule has 92 valence electrons. The van der Waals surface area contributed by atoms with Crippen LogP contribution in [0.2, 0.25) is 0 Å². The van der Waals surface area contributed by atoms with Crippen molar-refractivity contribution in [3.8, 4) is 5.69 Å². The van der Waals surface area contributed by atoms with Crippen molar-refractivity contribution in [2.75, 3.05) is 13.1 Å². The Balaban J connectivity index is 1.84. The largest absolute Gasteiger partial charge is 0.316 e. The number of hydrogen-bond donors (Lipinski definition) is 1. The SMILES string of the molecule is O=C(CC1CNC1)c1cnnn1-c1ccccc1. The van der Waals surface area contributed by atoms with Gasteiger partial charge in [-0.15, -0.1) is 5.10 Å². The van der Waals surface area contributed by atoms with Crippen LogP contribution >= 0.6 is 0 Å². The summed E-state index contributed by atoms with van der Waals surface area (Å²) in [6.45, 7) is 1.86. The van der Waals surface area contributed by atoms with E-state index in [4.69, 9.17) is 0 Å². The number of para-hydroxylation sites is 1. The Morgan fingerprint density at radius 1 is 1.33 bits per heavy atom. The van der Waals surface area contributed by atoms with E-state index < -0.39 is 0 Å². The maximum atomic E-state index is 12.2. The Morgan fingerprint density at radius 3 is 2.78 bits per heavy atom. The van der Waals surface area contributed by atoms with Gasteiger partial charge in [0.05, 0.1) is 11.9 Å². The van der Waals surface area contributed by atoms with Crippen LogP contribution in [0.15, 0.2) is 36.5 Å². The van der Waals surface area contributed by atoms with Crippen molar-refractivity contribution in [1.82, 2.24) is 20.3 Å². The molecule has 0 amide bonds. The number of nitrogens with zero attached hydrogens (tertiary/aromatic N) is 3. The van der Waals surface area contributed by atoms with E-state index in [0.29, 0.717) is 18.0 Å². The van der Waals surface area contributed by atoms with Crippen molar-refractivity contribution in [3.63, 3.8) is 0 Å². The highest BCUT2D eigenvalue weighted by Crippen LogP contribution is 2.15. The van der Waals surface area contributed by atoms with Gasteiger partial charge in [0.2, 0.25) is 0 Å². The van der Waals surface area contributed by atoms with E-state index in [1.54, 1.807) is 10.9 Å². The summed E-state index contributed by atoms with van der Waals surface area (Å²) in [6.07, 6.45) is 2.11. The molecule has 1 saturated heterocycles. The molecule has 3 rings (SSSR count). The van der Waals surface area contributed by atoms with Crippen LogP contribution in [-0.4, -0.2) is 33.9 Å². The first kappa shape index (κ1) is 11.1. The summed E-state index contributed by atoms with van der Waals surface area (Å²) in [5.74, 6) is 0.562. The van der Waals surface area contributed by atoms with Crippen LogP contribution in [0.25, 0.3) is 5.69 Å². The molecule has 1 N–H and O–H groups in total. The van der Waals surface area contributed by atoms with Gasteiger partial charge in [-0.25, -0.2) is 4.68 Å². The van der Waals surface area contributed by atoms with Crippen molar-refractivity contribution in [3.05, 3.63) is 42.2 Å². The van der Waals surface area contributed by atoms with E-state index in [9.17, 15) is 4.79 Å². The number of benzene rings is 1.